The van der Waals surface area contributed by atoms with E-state index in [4.69, 9.17) is 14.2 Å². The Bertz CT molecular complexity index is 852. The van der Waals surface area contributed by atoms with E-state index in [1.807, 2.05) is 0 Å². The number of hydrogen-bond donors (Lipinski definition) is 2. The molecule has 0 radical (unpaired) electrons. The Kier molecular flexibility index (Phi) is 5.74. The minimum atomic E-state index is -0.768. The van der Waals surface area contributed by atoms with Gasteiger partial charge in [-0.1, -0.05) is 27.7 Å². The minimum absolute atomic E-state index is 0.0295. The van der Waals surface area contributed by atoms with Gasteiger partial charge in [0.25, 0.3) is 0 Å². The van der Waals surface area contributed by atoms with Crippen LogP contribution in [0.2, 0.25) is 0 Å². The minimum Gasteiger partial charge on any atom is -0.463 e. The third kappa shape index (κ3) is 3.38. The van der Waals surface area contributed by atoms with Crippen molar-refractivity contribution in [3.8, 4) is 0 Å². The number of esters is 1. The van der Waals surface area contributed by atoms with E-state index in [1.54, 1.807) is 0 Å². The fourth-order valence-electron chi connectivity index (χ4n) is 10.6. The van der Waals surface area contributed by atoms with E-state index in [-0.39, 0.29) is 40.8 Å². The van der Waals surface area contributed by atoms with Gasteiger partial charge in [-0.25, -0.2) is 0 Å². The van der Waals surface area contributed by atoms with Crippen molar-refractivity contribution in [3.63, 3.8) is 0 Å². The molecule has 6 aliphatic rings. The molecule has 2 N–H and O–H groups in total. The molecule has 0 aromatic heterocycles. The maximum absolute atomic E-state index is 11.6. The highest BCUT2D eigenvalue weighted by molar-refractivity contribution is 5.66. The second-order valence-corrected chi connectivity index (χ2v) is 13.9. The van der Waals surface area contributed by atoms with Crippen molar-refractivity contribution >= 4 is 5.97 Å². The Morgan fingerprint density at radius 1 is 0.914 bits per heavy atom. The van der Waals surface area contributed by atoms with Crippen LogP contribution in [0.1, 0.15) is 86.0 Å². The summed E-state index contributed by atoms with van der Waals surface area (Å²) in [7, 11) is 0. The Morgan fingerprint density at radius 3 is 2.34 bits per heavy atom. The second kappa shape index (κ2) is 8.15. The fourth-order valence-corrected chi connectivity index (χ4v) is 10.6. The van der Waals surface area contributed by atoms with Crippen molar-refractivity contribution in [2.24, 2.45) is 52.3 Å². The van der Waals surface area contributed by atoms with E-state index < -0.39 is 18.0 Å². The molecule has 4 aliphatic carbocycles. The predicted octanol–water partition coefficient (Wildman–Crippen LogP) is 4.31. The molecule has 2 saturated heterocycles. The highest BCUT2D eigenvalue weighted by Gasteiger charge is 2.71. The van der Waals surface area contributed by atoms with Crippen LogP contribution >= 0.6 is 0 Å². The Hall–Kier alpha value is -0.690. The summed E-state index contributed by atoms with van der Waals surface area (Å²) < 4.78 is 18.8. The van der Waals surface area contributed by atoms with Crippen molar-refractivity contribution in [1.82, 2.24) is 0 Å². The number of ether oxygens (including phenoxy) is 3. The maximum atomic E-state index is 11.6. The van der Waals surface area contributed by atoms with Crippen LogP contribution in [0.25, 0.3) is 0 Å². The van der Waals surface area contributed by atoms with E-state index in [2.05, 4.69) is 27.7 Å². The van der Waals surface area contributed by atoms with Crippen LogP contribution in [0.15, 0.2) is 0 Å². The summed E-state index contributed by atoms with van der Waals surface area (Å²) in [4.78, 5) is 11.6. The van der Waals surface area contributed by atoms with Crippen molar-refractivity contribution < 1.29 is 29.2 Å². The molecule has 6 nitrogen and oxygen atoms in total. The van der Waals surface area contributed by atoms with Gasteiger partial charge in [0.15, 0.2) is 5.79 Å². The third-order valence-corrected chi connectivity index (χ3v) is 12.3. The van der Waals surface area contributed by atoms with Crippen molar-refractivity contribution in [1.29, 1.82) is 0 Å². The smallest absolute Gasteiger partial charge is 0.302 e. The SMILES string of the molecule is CC(=O)O[C@H]1CC[C@@]2(C)[C@H](C1)[C@@H](O)[C@H](O)[C@@H]1[C@@H]2CC[C@]2(C)[C@@H]3[C@H](C[C@@H]12)O[C@]1(CC[C@@H](C)CO1)[C@H]3C. The fraction of sp³-hybridized carbons (Fsp3) is 0.966. The monoisotopic (exact) mass is 490 g/mol. The van der Waals surface area contributed by atoms with Crippen LogP contribution in [0.4, 0.5) is 0 Å². The van der Waals surface area contributed by atoms with Crippen LogP contribution in [-0.2, 0) is 19.0 Å². The largest absolute Gasteiger partial charge is 0.463 e. The molecule has 0 aromatic carbocycles. The zero-order valence-electron chi connectivity index (χ0n) is 22.2. The first-order chi connectivity index (χ1) is 16.5. The van der Waals surface area contributed by atoms with Crippen LogP contribution in [0, 0.1) is 52.3 Å². The first kappa shape index (κ1) is 24.6. The van der Waals surface area contributed by atoms with Gasteiger partial charge in [0.05, 0.1) is 24.9 Å². The first-order valence-electron chi connectivity index (χ1n) is 14.4. The van der Waals surface area contributed by atoms with Gasteiger partial charge in [0.2, 0.25) is 0 Å². The molecule has 2 aliphatic heterocycles. The van der Waals surface area contributed by atoms with Crippen molar-refractivity contribution in [2.75, 3.05) is 6.61 Å². The van der Waals surface area contributed by atoms with Crippen LogP contribution < -0.4 is 0 Å². The molecule has 14 atom stereocenters. The lowest BCUT2D eigenvalue weighted by Gasteiger charge is -2.63. The average Bonchev–Trinajstić information content (AvgIpc) is 3.25. The van der Waals surface area contributed by atoms with Gasteiger partial charge in [0, 0.05) is 19.3 Å². The summed E-state index contributed by atoms with van der Waals surface area (Å²) in [6.07, 6.45) is 6.35. The molecule has 4 saturated carbocycles. The van der Waals surface area contributed by atoms with Gasteiger partial charge in [-0.3, -0.25) is 4.79 Å². The molecular weight excluding hydrogens is 444 g/mol. The summed E-state index contributed by atoms with van der Waals surface area (Å²) >= 11 is 0. The van der Waals surface area contributed by atoms with Gasteiger partial charge in [-0.05, 0) is 91.3 Å². The van der Waals surface area contributed by atoms with E-state index in [0.29, 0.717) is 36.0 Å². The summed E-state index contributed by atoms with van der Waals surface area (Å²) in [6.45, 7) is 11.6. The van der Waals surface area contributed by atoms with E-state index >= 15 is 0 Å². The number of carbonyl (C=O) groups excluding carboxylic acids is 1. The lowest BCUT2D eigenvalue weighted by Crippen LogP contribution is -2.64. The number of rotatable bonds is 1. The lowest BCUT2D eigenvalue weighted by atomic mass is 9.43. The van der Waals surface area contributed by atoms with E-state index in [1.165, 1.54) is 6.92 Å². The number of fused-ring (bicyclic) bond motifs is 7. The highest BCUT2D eigenvalue weighted by atomic mass is 16.7. The summed E-state index contributed by atoms with van der Waals surface area (Å²) in [5, 5.41) is 23.1. The molecule has 1 spiro atoms. The molecule has 0 bridgehead atoms. The van der Waals surface area contributed by atoms with Gasteiger partial charge < -0.3 is 24.4 Å². The molecule has 0 amide bonds. The second-order valence-electron chi connectivity index (χ2n) is 13.9. The topological polar surface area (TPSA) is 85.2 Å². The molecular formula is C29H46O6. The zero-order valence-corrected chi connectivity index (χ0v) is 22.2. The predicted molar refractivity (Wildman–Crippen MR) is 130 cm³/mol. The molecule has 198 valence electrons. The summed E-state index contributed by atoms with van der Waals surface area (Å²) in [5.74, 6) is 1.51. The number of aliphatic hydroxyl groups excluding tert-OH is 2. The Balaban J connectivity index is 1.27. The van der Waals surface area contributed by atoms with Gasteiger partial charge >= 0.3 is 5.97 Å². The van der Waals surface area contributed by atoms with Gasteiger partial charge in [0.1, 0.15) is 6.10 Å². The van der Waals surface area contributed by atoms with Gasteiger partial charge in [-0.15, -0.1) is 0 Å². The van der Waals surface area contributed by atoms with Crippen LogP contribution in [-0.4, -0.2) is 53.0 Å². The Labute approximate surface area is 210 Å². The maximum Gasteiger partial charge on any atom is 0.302 e. The third-order valence-electron chi connectivity index (χ3n) is 12.3. The number of aliphatic hydroxyl groups is 2. The zero-order chi connectivity index (χ0) is 24.9. The average molecular weight is 491 g/mol. The molecule has 6 fully saturated rings. The highest BCUT2D eigenvalue weighted by Crippen LogP contribution is 2.71. The molecule has 35 heavy (non-hydrogen) atoms. The summed E-state index contributed by atoms with van der Waals surface area (Å²) in [6, 6.07) is 0. The van der Waals surface area contributed by atoms with Gasteiger partial charge in [-0.2, -0.15) is 0 Å². The van der Waals surface area contributed by atoms with Crippen LogP contribution in [0.5, 0.6) is 0 Å². The molecule has 6 heteroatoms. The molecule has 2 heterocycles. The lowest BCUT2D eigenvalue weighted by molar-refractivity contribution is -0.275. The van der Waals surface area contributed by atoms with Crippen molar-refractivity contribution in [3.05, 3.63) is 0 Å². The first-order valence-corrected chi connectivity index (χ1v) is 14.4. The quantitative estimate of drug-likeness (QED) is 0.533. The summed E-state index contributed by atoms with van der Waals surface area (Å²) in [5.41, 5.74) is 0.0648. The van der Waals surface area contributed by atoms with Crippen molar-refractivity contribution in [2.45, 2.75) is 116 Å². The van der Waals surface area contributed by atoms with E-state index in [0.717, 1.165) is 51.6 Å². The molecule has 0 aromatic rings. The number of carbonyl (C=O) groups is 1. The standard InChI is InChI=1S/C29H46O6/c1-15-6-11-29(33-14-15)16(2)24-22(35-29)13-20-23-19(8-10-28(20,24)5)27(4)9-7-18(34-17(3)30)12-21(27)25(31)26(23)32/h15-16,18-26,31-32H,6-14H2,1-5H3/t15-,16+,18+,19+,20+,21-,22+,23-,24+,25-,26-,27-,28+,29-/m1/s1. The van der Waals surface area contributed by atoms with Crippen LogP contribution in [0.3, 0.4) is 0 Å². The Morgan fingerprint density at radius 2 is 1.66 bits per heavy atom. The number of hydrogen-bond acceptors (Lipinski definition) is 6. The molecule has 0 unspecified atom stereocenters. The normalized spacial score (nSPS) is 59.3. The molecule has 6 rings (SSSR count). The van der Waals surface area contributed by atoms with E-state index in [9.17, 15) is 15.0 Å².